The second-order valence-electron chi connectivity index (χ2n) is 3.60. The third-order valence-corrected chi connectivity index (χ3v) is 2.35. The molecule has 0 aromatic rings. The van der Waals surface area contributed by atoms with E-state index in [0.717, 1.165) is 45.6 Å². The van der Waals surface area contributed by atoms with Crippen LogP contribution in [-0.4, -0.2) is 49.3 Å². The highest BCUT2D eigenvalue weighted by molar-refractivity contribution is 4.97. The van der Waals surface area contributed by atoms with Gasteiger partial charge in [-0.25, -0.2) is 0 Å². The van der Waals surface area contributed by atoms with Gasteiger partial charge in [0.05, 0.1) is 0 Å². The average molecular weight is 184 g/mol. The van der Waals surface area contributed by atoms with Crippen molar-refractivity contribution in [1.29, 1.82) is 0 Å². The predicted molar refractivity (Wildman–Crippen MR) is 54.8 cm³/mol. The average Bonchev–Trinajstić information content (AvgIpc) is 2.16. The number of aliphatic hydroxyl groups is 1. The summed E-state index contributed by atoms with van der Waals surface area (Å²) in [5, 5.41) is 12.0. The summed E-state index contributed by atoms with van der Waals surface area (Å²) < 4.78 is 0. The molecule has 2 N–H and O–H groups in total. The summed E-state index contributed by atoms with van der Waals surface area (Å²) in [4.78, 5) is 2.41. The van der Waals surface area contributed by atoms with Crippen molar-refractivity contribution in [3.63, 3.8) is 0 Å². The minimum Gasteiger partial charge on any atom is -0.396 e. The van der Waals surface area contributed by atoms with Gasteiger partial charge >= 0.3 is 0 Å². The van der Waals surface area contributed by atoms with Crippen molar-refractivity contribution in [2.75, 3.05) is 39.3 Å². The maximum atomic E-state index is 8.66. The van der Waals surface area contributed by atoms with Crippen LogP contribution in [0.1, 0.15) is 12.8 Å². The lowest BCUT2D eigenvalue weighted by Crippen LogP contribution is -2.44. The zero-order valence-electron chi connectivity index (χ0n) is 8.26. The molecule has 0 atom stereocenters. The summed E-state index contributed by atoms with van der Waals surface area (Å²) in [5.41, 5.74) is 1.25. The van der Waals surface area contributed by atoms with E-state index >= 15 is 0 Å². The molecule has 1 heterocycles. The van der Waals surface area contributed by atoms with Crippen LogP contribution in [0.2, 0.25) is 0 Å². The Hall–Kier alpha value is -0.380. The molecule has 0 saturated carbocycles. The van der Waals surface area contributed by atoms with E-state index in [9.17, 15) is 0 Å². The van der Waals surface area contributed by atoms with Gasteiger partial charge in [0.15, 0.2) is 0 Å². The Balaban J connectivity index is 2.11. The van der Waals surface area contributed by atoms with Gasteiger partial charge in [0.2, 0.25) is 0 Å². The molecule has 0 unspecified atom stereocenters. The molecule has 0 amide bonds. The van der Waals surface area contributed by atoms with Gasteiger partial charge in [0.25, 0.3) is 0 Å². The van der Waals surface area contributed by atoms with Gasteiger partial charge in [-0.15, -0.1) is 0 Å². The standard InChI is InChI=1S/C10H20N2O/c1-10(3-2-8-13)9-12-6-4-11-5-7-12/h11,13H,1-9H2. The lowest BCUT2D eigenvalue weighted by atomic mass is 10.1. The van der Waals surface area contributed by atoms with Gasteiger partial charge in [-0.05, 0) is 12.8 Å². The Morgan fingerprint density at radius 2 is 2.08 bits per heavy atom. The van der Waals surface area contributed by atoms with Crippen LogP contribution < -0.4 is 5.32 Å². The number of rotatable bonds is 5. The van der Waals surface area contributed by atoms with Crippen LogP contribution in [0.3, 0.4) is 0 Å². The van der Waals surface area contributed by atoms with Crippen molar-refractivity contribution in [2.45, 2.75) is 12.8 Å². The quantitative estimate of drug-likeness (QED) is 0.600. The molecule has 13 heavy (non-hydrogen) atoms. The lowest BCUT2D eigenvalue weighted by molar-refractivity contribution is 0.253. The first-order valence-corrected chi connectivity index (χ1v) is 5.03. The van der Waals surface area contributed by atoms with Gasteiger partial charge in [0, 0.05) is 39.3 Å². The van der Waals surface area contributed by atoms with Crippen LogP contribution in [-0.2, 0) is 0 Å². The van der Waals surface area contributed by atoms with E-state index in [0.29, 0.717) is 0 Å². The van der Waals surface area contributed by atoms with E-state index in [4.69, 9.17) is 5.11 Å². The monoisotopic (exact) mass is 184 g/mol. The Labute approximate surface area is 80.4 Å². The van der Waals surface area contributed by atoms with Crippen LogP contribution in [0.15, 0.2) is 12.2 Å². The van der Waals surface area contributed by atoms with E-state index in [1.807, 2.05) is 0 Å². The topological polar surface area (TPSA) is 35.5 Å². The number of aliphatic hydroxyl groups excluding tert-OH is 1. The SMILES string of the molecule is C=C(CCCO)CN1CCNCC1. The molecule has 0 aromatic carbocycles. The zero-order valence-corrected chi connectivity index (χ0v) is 8.26. The molecule has 76 valence electrons. The smallest absolute Gasteiger partial charge is 0.0434 e. The Morgan fingerprint density at radius 3 is 2.69 bits per heavy atom. The highest BCUT2D eigenvalue weighted by atomic mass is 16.2. The molecule has 0 bridgehead atoms. The molecule has 1 aliphatic heterocycles. The van der Waals surface area contributed by atoms with Crippen LogP contribution in [0.4, 0.5) is 0 Å². The Bertz CT molecular complexity index is 153. The number of piperazine rings is 1. The van der Waals surface area contributed by atoms with Crippen molar-refractivity contribution in [3.05, 3.63) is 12.2 Å². The fraction of sp³-hybridized carbons (Fsp3) is 0.800. The van der Waals surface area contributed by atoms with Crippen LogP contribution >= 0.6 is 0 Å². The number of hydrogen-bond acceptors (Lipinski definition) is 3. The Morgan fingerprint density at radius 1 is 1.38 bits per heavy atom. The molecule has 1 aliphatic rings. The minimum absolute atomic E-state index is 0.278. The molecule has 3 nitrogen and oxygen atoms in total. The molecule has 0 radical (unpaired) electrons. The van der Waals surface area contributed by atoms with E-state index < -0.39 is 0 Å². The van der Waals surface area contributed by atoms with Crippen molar-refractivity contribution < 1.29 is 5.11 Å². The number of hydrogen-bond donors (Lipinski definition) is 2. The maximum Gasteiger partial charge on any atom is 0.0434 e. The summed E-state index contributed by atoms with van der Waals surface area (Å²) in [6.07, 6.45) is 1.81. The summed E-state index contributed by atoms with van der Waals surface area (Å²) in [6.45, 7) is 9.72. The lowest BCUT2D eigenvalue weighted by Gasteiger charge is -2.27. The molecular formula is C10H20N2O. The minimum atomic E-state index is 0.278. The second kappa shape index (κ2) is 6.13. The molecule has 1 rings (SSSR count). The van der Waals surface area contributed by atoms with Crippen LogP contribution in [0, 0.1) is 0 Å². The van der Waals surface area contributed by atoms with Crippen molar-refractivity contribution >= 4 is 0 Å². The zero-order chi connectivity index (χ0) is 9.52. The Kier molecular flexibility index (Phi) is 5.05. The molecular weight excluding hydrogens is 164 g/mol. The maximum absolute atomic E-state index is 8.66. The summed E-state index contributed by atoms with van der Waals surface area (Å²) >= 11 is 0. The van der Waals surface area contributed by atoms with E-state index in [-0.39, 0.29) is 6.61 Å². The van der Waals surface area contributed by atoms with E-state index in [1.54, 1.807) is 0 Å². The number of nitrogens with zero attached hydrogens (tertiary/aromatic N) is 1. The van der Waals surface area contributed by atoms with Gasteiger partial charge in [0.1, 0.15) is 0 Å². The second-order valence-corrected chi connectivity index (χ2v) is 3.60. The normalized spacial score (nSPS) is 18.8. The predicted octanol–water partition coefficient (Wildman–Crippen LogP) is 0.220. The van der Waals surface area contributed by atoms with Gasteiger partial charge in [-0.3, -0.25) is 4.90 Å². The summed E-state index contributed by atoms with van der Waals surface area (Å²) in [6, 6.07) is 0. The number of nitrogens with one attached hydrogen (secondary N) is 1. The van der Waals surface area contributed by atoms with Crippen molar-refractivity contribution in [2.24, 2.45) is 0 Å². The fourth-order valence-electron chi connectivity index (χ4n) is 1.59. The highest BCUT2D eigenvalue weighted by Gasteiger charge is 2.09. The first kappa shape index (κ1) is 10.7. The van der Waals surface area contributed by atoms with E-state index in [2.05, 4.69) is 16.8 Å². The van der Waals surface area contributed by atoms with Crippen molar-refractivity contribution in [1.82, 2.24) is 10.2 Å². The van der Waals surface area contributed by atoms with Crippen LogP contribution in [0.5, 0.6) is 0 Å². The van der Waals surface area contributed by atoms with Gasteiger partial charge in [-0.1, -0.05) is 12.2 Å². The molecule has 1 fully saturated rings. The van der Waals surface area contributed by atoms with E-state index in [1.165, 1.54) is 5.57 Å². The third kappa shape index (κ3) is 4.41. The van der Waals surface area contributed by atoms with Gasteiger partial charge < -0.3 is 10.4 Å². The van der Waals surface area contributed by atoms with Gasteiger partial charge in [-0.2, -0.15) is 0 Å². The largest absolute Gasteiger partial charge is 0.396 e. The van der Waals surface area contributed by atoms with Crippen molar-refractivity contribution in [3.8, 4) is 0 Å². The summed E-state index contributed by atoms with van der Waals surface area (Å²) in [5.74, 6) is 0. The molecule has 0 spiro atoms. The molecule has 3 heteroatoms. The molecule has 0 aliphatic carbocycles. The molecule has 0 aromatic heterocycles. The highest BCUT2D eigenvalue weighted by Crippen LogP contribution is 2.05. The first-order valence-electron chi connectivity index (χ1n) is 5.03. The third-order valence-electron chi connectivity index (χ3n) is 2.35. The fourth-order valence-corrected chi connectivity index (χ4v) is 1.59. The molecule has 1 saturated heterocycles. The first-order chi connectivity index (χ1) is 6.33. The summed E-state index contributed by atoms with van der Waals surface area (Å²) in [7, 11) is 0. The van der Waals surface area contributed by atoms with Crippen LogP contribution in [0.25, 0.3) is 0 Å².